The highest BCUT2D eigenvalue weighted by molar-refractivity contribution is 7.09. The van der Waals surface area contributed by atoms with E-state index in [2.05, 4.69) is 10.4 Å². The Morgan fingerprint density at radius 3 is 2.93 bits per heavy atom. The number of methoxy groups -OCH3 is 1. The SMILES string of the molecule is COc1cccc(-c2cc(C(=O)NCc3cccs3)c3cnn(C)c3n2)c1. The molecule has 0 aliphatic carbocycles. The molecule has 136 valence electrons. The number of carbonyl (C=O) groups excluding carboxylic acids is 1. The molecule has 0 radical (unpaired) electrons. The van der Waals surface area contributed by atoms with Crippen LogP contribution in [0.5, 0.6) is 5.75 Å². The molecule has 1 amide bonds. The van der Waals surface area contributed by atoms with Crippen LogP contribution in [0.15, 0.2) is 54.0 Å². The number of hydrogen-bond donors (Lipinski definition) is 1. The third kappa shape index (κ3) is 3.41. The molecule has 0 spiro atoms. The number of carbonyl (C=O) groups is 1. The van der Waals surface area contributed by atoms with Gasteiger partial charge in [0, 0.05) is 17.5 Å². The number of ether oxygens (including phenoxy) is 1. The van der Waals surface area contributed by atoms with Gasteiger partial charge in [0.1, 0.15) is 5.75 Å². The summed E-state index contributed by atoms with van der Waals surface area (Å²) in [6.45, 7) is 0.495. The van der Waals surface area contributed by atoms with Crippen LogP contribution in [0.2, 0.25) is 0 Å². The van der Waals surface area contributed by atoms with Gasteiger partial charge in [0.25, 0.3) is 5.91 Å². The molecule has 3 heterocycles. The first-order valence-electron chi connectivity index (χ1n) is 8.43. The van der Waals surface area contributed by atoms with E-state index < -0.39 is 0 Å². The molecule has 0 aliphatic heterocycles. The van der Waals surface area contributed by atoms with Gasteiger partial charge in [-0.1, -0.05) is 18.2 Å². The summed E-state index contributed by atoms with van der Waals surface area (Å²) in [6, 6.07) is 13.4. The normalized spacial score (nSPS) is 10.9. The molecule has 0 unspecified atom stereocenters. The van der Waals surface area contributed by atoms with E-state index in [0.29, 0.717) is 23.4 Å². The van der Waals surface area contributed by atoms with Crippen molar-refractivity contribution in [2.75, 3.05) is 7.11 Å². The van der Waals surface area contributed by atoms with E-state index >= 15 is 0 Å². The summed E-state index contributed by atoms with van der Waals surface area (Å²) in [4.78, 5) is 18.7. The highest BCUT2D eigenvalue weighted by Crippen LogP contribution is 2.27. The number of rotatable bonds is 5. The molecule has 1 N–H and O–H groups in total. The van der Waals surface area contributed by atoms with Crippen molar-refractivity contribution in [2.24, 2.45) is 7.05 Å². The number of nitrogens with zero attached hydrogens (tertiary/aromatic N) is 3. The van der Waals surface area contributed by atoms with Gasteiger partial charge in [-0.05, 0) is 29.6 Å². The summed E-state index contributed by atoms with van der Waals surface area (Å²) >= 11 is 1.61. The minimum atomic E-state index is -0.145. The van der Waals surface area contributed by atoms with Gasteiger partial charge in [0.05, 0.1) is 36.5 Å². The van der Waals surface area contributed by atoms with E-state index in [9.17, 15) is 4.79 Å². The Bertz CT molecular complexity index is 1100. The maximum Gasteiger partial charge on any atom is 0.252 e. The van der Waals surface area contributed by atoms with Gasteiger partial charge in [-0.25, -0.2) is 4.98 Å². The second kappa shape index (κ2) is 7.20. The number of amides is 1. The summed E-state index contributed by atoms with van der Waals surface area (Å²) in [5, 5.41) is 9.98. The molecule has 7 heteroatoms. The van der Waals surface area contributed by atoms with Crippen LogP contribution in [0.1, 0.15) is 15.2 Å². The number of aromatic nitrogens is 3. The molecule has 1 aromatic carbocycles. The second-order valence-corrected chi connectivity index (χ2v) is 7.09. The van der Waals surface area contributed by atoms with Crippen molar-refractivity contribution < 1.29 is 9.53 Å². The number of thiophene rings is 1. The van der Waals surface area contributed by atoms with Gasteiger partial charge in [0.15, 0.2) is 5.65 Å². The van der Waals surface area contributed by atoms with Gasteiger partial charge in [0.2, 0.25) is 0 Å². The topological polar surface area (TPSA) is 69.0 Å². The van der Waals surface area contributed by atoms with Gasteiger partial charge in [-0.3, -0.25) is 9.48 Å². The van der Waals surface area contributed by atoms with Crippen LogP contribution in [0.4, 0.5) is 0 Å². The number of pyridine rings is 1. The summed E-state index contributed by atoms with van der Waals surface area (Å²) in [6.07, 6.45) is 1.68. The van der Waals surface area contributed by atoms with Crippen molar-refractivity contribution in [3.8, 4) is 17.0 Å². The Labute approximate surface area is 160 Å². The first kappa shape index (κ1) is 17.2. The van der Waals surface area contributed by atoms with Crippen molar-refractivity contribution in [1.82, 2.24) is 20.1 Å². The van der Waals surface area contributed by atoms with Crippen LogP contribution in [0.3, 0.4) is 0 Å². The molecule has 4 aromatic rings. The molecule has 0 fully saturated rings. The zero-order chi connectivity index (χ0) is 18.8. The molecule has 3 aromatic heterocycles. The summed E-state index contributed by atoms with van der Waals surface area (Å²) in [5.74, 6) is 0.594. The number of nitrogens with one attached hydrogen (secondary N) is 1. The summed E-state index contributed by atoms with van der Waals surface area (Å²) in [5.41, 5.74) is 2.80. The minimum Gasteiger partial charge on any atom is -0.497 e. The molecule has 0 atom stereocenters. The smallest absolute Gasteiger partial charge is 0.252 e. The van der Waals surface area contributed by atoms with Crippen LogP contribution >= 0.6 is 11.3 Å². The predicted octanol–water partition coefficient (Wildman–Crippen LogP) is 3.64. The van der Waals surface area contributed by atoms with E-state index in [1.165, 1.54) is 0 Å². The van der Waals surface area contributed by atoms with Gasteiger partial charge in [-0.15, -0.1) is 11.3 Å². The van der Waals surface area contributed by atoms with Crippen LogP contribution in [-0.2, 0) is 13.6 Å². The van der Waals surface area contributed by atoms with Crippen LogP contribution in [-0.4, -0.2) is 27.8 Å². The van der Waals surface area contributed by atoms with E-state index in [-0.39, 0.29) is 5.91 Å². The fraction of sp³-hybridized carbons (Fsp3) is 0.150. The highest BCUT2D eigenvalue weighted by Gasteiger charge is 2.17. The van der Waals surface area contributed by atoms with Crippen molar-refractivity contribution in [2.45, 2.75) is 6.54 Å². The van der Waals surface area contributed by atoms with E-state index in [4.69, 9.17) is 9.72 Å². The zero-order valence-corrected chi connectivity index (χ0v) is 15.8. The lowest BCUT2D eigenvalue weighted by atomic mass is 10.1. The molecule has 0 bridgehead atoms. The molecule has 0 aliphatic rings. The molecule has 4 rings (SSSR count). The van der Waals surface area contributed by atoms with E-state index in [1.54, 1.807) is 29.3 Å². The lowest BCUT2D eigenvalue weighted by Crippen LogP contribution is -2.22. The van der Waals surface area contributed by atoms with Crippen LogP contribution in [0, 0.1) is 0 Å². The quantitative estimate of drug-likeness (QED) is 0.576. The first-order valence-corrected chi connectivity index (χ1v) is 9.31. The Balaban J connectivity index is 1.75. The highest BCUT2D eigenvalue weighted by atomic mass is 32.1. The minimum absolute atomic E-state index is 0.145. The van der Waals surface area contributed by atoms with Crippen molar-refractivity contribution in [3.05, 3.63) is 64.5 Å². The van der Waals surface area contributed by atoms with E-state index in [0.717, 1.165) is 21.6 Å². The lowest BCUT2D eigenvalue weighted by molar-refractivity contribution is 0.0953. The third-order valence-electron chi connectivity index (χ3n) is 4.32. The van der Waals surface area contributed by atoms with Crippen LogP contribution < -0.4 is 10.1 Å². The molecular weight excluding hydrogens is 360 g/mol. The Morgan fingerprint density at radius 1 is 1.26 bits per heavy atom. The fourth-order valence-corrected chi connectivity index (χ4v) is 3.55. The third-order valence-corrected chi connectivity index (χ3v) is 5.19. The molecule has 6 nitrogen and oxygen atoms in total. The summed E-state index contributed by atoms with van der Waals surface area (Å²) < 4.78 is 6.98. The fourth-order valence-electron chi connectivity index (χ4n) is 2.91. The zero-order valence-electron chi connectivity index (χ0n) is 15.0. The lowest BCUT2D eigenvalue weighted by Gasteiger charge is -2.09. The largest absolute Gasteiger partial charge is 0.497 e. The van der Waals surface area contributed by atoms with Gasteiger partial charge in [-0.2, -0.15) is 5.10 Å². The first-order chi connectivity index (χ1) is 13.2. The molecule has 0 saturated carbocycles. The second-order valence-electron chi connectivity index (χ2n) is 6.05. The van der Waals surface area contributed by atoms with Crippen molar-refractivity contribution in [3.63, 3.8) is 0 Å². The Hall–Kier alpha value is -3.19. The number of benzene rings is 1. The monoisotopic (exact) mass is 378 g/mol. The predicted molar refractivity (Wildman–Crippen MR) is 106 cm³/mol. The number of hydrogen-bond acceptors (Lipinski definition) is 5. The van der Waals surface area contributed by atoms with Gasteiger partial charge >= 0.3 is 0 Å². The number of fused-ring (bicyclic) bond motifs is 1. The summed E-state index contributed by atoms with van der Waals surface area (Å²) in [7, 11) is 3.44. The Kier molecular flexibility index (Phi) is 4.60. The standard InChI is InChI=1S/C20H18N4O2S/c1-24-19-17(12-22-24)16(20(25)21-11-15-7-4-8-27-15)10-18(23-19)13-5-3-6-14(9-13)26-2/h3-10,12H,11H2,1-2H3,(H,21,25). The average Bonchev–Trinajstić information content (AvgIpc) is 3.35. The Morgan fingerprint density at radius 2 is 2.15 bits per heavy atom. The molecule has 27 heavy (non-hydrogen) atoms. The van der Waals surface area contributed by atoms with Crippen molar-refractivity contribution >= 4 is 28.3 Å². The van der Waals surface area contributed by atoms with Crippen LogP contribution in [0.25, 0.3) is 22.3 Å². The maximum atomic E-state index is 12.9. The van der Waals surface area contributed by atoms with Gasteiger partial charge < -0.3 is 10.1 Å². The average molecular weight is 378 g/mol. The van der Waals surface area contributed by atoms with Crippen molar-refractivity contribution in [1.29, 1.82) is 0 Å². The molecular formula is C20H18N4O2S. The maximum absolute atomic E-state index is 12.9. The van der Waals surface area contributed by atoms with E-state index in [1.807, 2.05) is 54.9 Å². The number of aryl methyl sites for hydroxylation is 1. The molecule has 0 saturated heterocycles.